The van der Waals surface area contributed by atoms with Crippen LogP contribution in [0, 0.1) is 0 Å². The number of fused-ring (bicyclic) bond motifs is 2. The number of amides is 1. The van der Waals surface area contributed by atoms with Crippen LogP contribution in [0.25, 0.3) is 20.2 Å². The van der Waals surface area contributed by atoms with E-state index in [4.69, 9.17) is 9.47 Å². The van der Waals surface area contributed by atoms with Crippen LogP contribution in [0.5, 0.6) is 11.5 Å². The molecule has 0 fully saturated rings. The average molecular weight is 826 g/mol. The molecule has 0 radical (unpaired) electrons. The minimum absolute atomic E-state index is 0.0531. The van der Waals surface area contributed by atoms with Crippen molar-refractivity contribution >= 4 is 86.2 Å². The molecule has 5 aromatic carbocycles. The second kappa shape index (κ2) is 15.2. The monoisotopic (exact) mass is 824 g/mol. The number of rotatable bonds is 13. The van der Waals surface area contributed by atoms with Gasteiger partial charge < -0.3 is 9.47 Å². The summed E-state index contributed by atoms with van der Waals surface area (Å²) in [4.78, 5) is 30.4. The fourth-order valence-corrected chi connectivity index (χ4v) is 9.18. The zero-order chi connectivity index (χ0) is 37.2. The number of hydrogen-bond acceptors (Lipinski definition) is 8. The summed E-state index contributed by atoms with van der Waals surface area (Å²) in [5.41, 5.74) is 1.58. The van der Waals surface area contributed by atoms with Gasteiger partial charge in [0.05, 0.1) is 25.0 Å². The van der Waals surface area contributed by atoms with Crippen molar-refractivity contribution in [3.05, 3.63) is 159 Å². The molecule has 0 aliphatic rings. The third-order valence-corrected chi connectivity index (χ3v) is 12.3. The lowest BCUT2D eigenvalue weighted by Crippen LogP contribution is -2.59. The molecule has 268 valence electrons. The van der Waals surface area contributed by atoms with Crippen molar-refractivity contribution in [3.63, 3.8) is 0 Å². The van der Waals surface area contributed by atoms with Crippen molar-refractivity contribution < 1.29 is 27.5 Å². The molecule has 2 heterocycles. The van der Waals surface area contributed by atoms with Gasteiger partial charge in [-0.2, -0.15) is 0 Å². The Balaban J connectivity index is 1.32. The van der Waals surface area contributed by atoms with E-state index in [2.05, 4.69) is 15.9 Å². The molecule has 2 aromatic heterocycles. The highest BCUT2D eigenvalue weighted by Gasteiger charge is 2.43. The lowest BCUT2D eigenvalue weighted by atomic mass is 10.1. The Morgan fingerprint density at radius 1 is 0.717 bits per heavy atom. The van der Waals surface area contributed by atoms with Crippen molar-refractivity contribution in [1.82, 2.24) is 4.90 Å². The van der Waals surface area contributed by atoms with Crippen molar-refractivity contribution in [3.8, 4) is 11.5 Å². The number of thiophene rings is 2. The molecule has 0 saturated carbocycles. The zero-order valence-corrected chi connectivity index (χ0v) is 32.7. The lowest BCUT2D eigenvalue weighted by molar-refractivity contribution is -0.186. The summed E-state index contributed by atoms with van der Waals surface area (Å²) in [7, 11) is -3.78. The van der Waals surface area contributed by atoms with Gasteiger partial charge in [-0.1, -0.05) is 78.9 Å². The van der Waals surface area contributed by atoms with Crippen LogP contribution in [0.1, 0.15) is 33.2 Å². The highest BCUT2D eigenvalue weighted by atomic mass is 79.9. The summed E-state index contributed by atoms with van der Waals surface area (Å²) in [6.45, 7) is 1.22. The van der Waals surface area contributed by atoms with Gasteiger partial charge in [0.15, 0.2) is 5.78 Å². The van der Waals surface area contributed by atoms with Crippen molar-refractivity contribution in [2.24, 2.45) is 0 Å². The van der Waals surface area contributed by atoms with Gasteiger partial charge in [-0.25, -0.2) is 8.42 Å². The normalized spacial score (nSPS) is 11.8. The molecule has 0 N–H and O–H groups in total. The van der Waals surface area contributed by atoms with E-state index >= 15 is 0 Å². The molecule has 0 spiro atoms. The summed E-state index contributed by atoms with van der Waals surface area (Å²) in [5, 5.41) is 5.38. The maximum atomic E-state index is 14.6. The Labute approximate surface area is 324 Å². The number of anilines is 1. The molecule has 7 rings (SSSR count). The van der Waals surface area contributed by atoms with Crippen LogP contribution in [0.4, 0.5) is 5.69 Å². The van der Waals surface area contributed by atoms with E-state index in [1.807, 2.05) is 89.6 Å². The van der Waals surface area contributed by atoms with Gasteiger partial charge in [-0.3, -0.25) is 18.8 Å². The van der Waals surface area contributed by atoms with Gasteiger partial charge in [-0.05, 0) is 70.0 Å². The first-order chi connectivity index (χ1) is 25.5. The molecular formula is C41H33BrN2O6S3. The Kier molecular flexibility index (Phi) is 10.4. The minimum Gasteiger partial charge on any atom is -0.434 e. The number of carbonyl (C=O) groups is 2. The lowest BCUT2D eigenvalue weighted by Gasteiger charge is -2.40. The number of ketones is 1. The second-order valence-electron chi connectivity index (χ2n) is 12.4. The molecule has 0 aliphatic carbocycles. The molecule has 1 amide bonds. The summed E-state index contributed by atoms with van der Waals surface area (Å²) in [5.74, 6) is -1.83. The highest BCUT2D eigenvalue weighted by molar-refractivity contribution is 9.10. The fourth-order valence-electron chi connectivity index (χ4n) is 5.98. The van der Waals surface area contributed by atoms with Crippen LogP contribution >= 0.6 is 38.6 Å². The van der Waals surface area contributed by atoms with Gasteiger partial charge in [0.2, 0.25) is 10.0 Å². The van der Waals surface area contributed by atoms with Gasteiger partial charge in [-0.15, -0.1) is 22.7 Å². The van der Waals surface area contributed by atoms with Crippen LogP contribution in [-0.2, 0) is 16.6 Å². The van der Waals surface area contributed by atoms with Crippen LogP contribution in [-0.4, -0.2) is 43.7 Å². The summed E-state index contributed by atoms with van der Waals surface area (Å²) in [6, 6.07) is 38.1. The number of carbonyl (C=O) groups excluding carboxylic acids is 2. The molecule has 7 aromatic rings. The Morgan fingerprint density at radius 2 is 1.25 bits per heavy atom. The first kappa shape index (κ1) is 36.4. The van der Waals surface area contributed by atoms with E-state index in [1.54, 1.807) is 49.4 Å². The molecule has 0 atom stereocenters. The quantitative estimate of drug-likeness (QED) is 0.0850. The number of Topliss-reactive ketones (excluding diaryl/α,β-unsaturated/α-hetero) is 1. The highest BCUT2D eigenvalue weighted by Crippen LogP contribution is 2.40. The number of ether oxygens (including phenoxy) is 2. The van der Waals surface area contributed by atoms with E-state index in [1.165, 1.54) is 37.9 Å². The van der Waals surface area contributed by atoms with Crippen molar-refractivity contribution in [2.75, 3.05) is 17.1 Å². The van der Waals surface area contributed by atoms with E-state index in [0.29, 0.717) is 21.5 Å². The predicted octanol–water partition coefficient (Wildman–Crippen LogP) is 10.0. The number of halogens is 1. The molecule has 8 nitrogen and oxygen atoms in total. The zero-order valence-electron chi connectivity index (χ0n) is 28.6. The Bertz CT molecular complexity index is 2460. The maximum absolute atomic E-state index is 14.6. The maximum Gasteiger partial charge on any atom is 0.338 e. The van der Waals surface area contributed by atoms with E-state index in [9.17, 15) is 18.0 Å². The molecular weight excluding hydrogens is 793 g/mol. The van der Waals surface area contributed by atoms with Crippen LogP contribution < -0.4 is 13.8 Å². The van der Waals surface area contributed by atoms with Crippen molar-refractivity contribution in [1.29, 1.82) is 0 Å². The summed E-state index contributed by atoms with van der Waals surface area (Å²) >= 11 is 6.50. The van der Waals surface area contributed by atoms with E-state index in [0.717, 1.165) is 32.0 Å². The topological polar surface area (TPSA) is 93.2 Å². The summed E-state index contributed by atoms with van der Waals surface area (Å²) < 4.78 is 43.5. The van der Waals surface area contributed by atoms with Gasteiger partial charge in [0, 0.05) is 53.5 Å². The second-order valence-corrected chi connectivity index (χ2v) is 17.0. The first-order valence-electron chi connectivity index (χ1n) is 16.5. The largest absolute Gasteiger partial charge is 0.434 e. The number of sulfonamides is 1. The third-order valence-electron chi connectivity index (χ3n) is 8.65. The predicted molar refractivity (Wildman–Crippen MR) is 217 cm³/mol. The van der Waals surface area contributed by atoms with E-state index in [-0.39, 0.29) is 17.8 Å². The number of benzene rings is 5. The smallest absolute Gasteiger partial charge is 0.338 e. The SMILES string of the molecule is CC(Oc1csc2ccccc12)(Oc1csc2ccccc12)N(CC(=O)c1ccc(Br)c(N(Cc2ccccc2)S(C)(=O)=O)c1)C(=O)c1ccccc1. The van der Waals surface area contributed by atoms with Crippen molar-refractivity contribution in [2.45, 2.75) is 19.4 Å². The van der Waals surface area contributed by atoms with Crippen LogP contribution in [0.2, 0.25) is 0 Å². The third kappa shape index (κ3) is 7.86. The van der Waals surface area contributed by atoms with Crippen LogP contribution in [0.15, 0.2) is 143 Å². The van der Waals surface area contributed by atoms with Gasteiger partial charge in [0.25, 0.3) is 5.91 Å². The molecule has 0 saturated heterocycles. The van der Waals surface area contributed by atoms with Gasteiger partial charge in [0.1, 0.15) is 11.5 Å². The standard InChI is InChI=1S/C41H33BrN2O6S3/c1-41(49-36-26-51-38-19-11-9-17-31(36)38,50-37-27-52-39-20-12-10-18-32(37)39)43(40(46)29-15-7-4-8-16-29)25-35(45)30-21-22-33(42)34(23-30)44(53(2,47)48)24-28-13-5-3-6-14-28/h3-23,26-27H,24-25H2,1-2H3. The fraction of sp³-hybridized carbons (Fsp3) is 0.122. The molecule has 12 heteroatoms. The summed E-state index contributed by atoms with van der Waals surface area (Å²) in [6.07, 6.45) is 1.12. The molecule has 0 unspecified atom stereocenters. The Morgan fingerprint density at radius 3 is 1.81 bits per heavy atom. The molecule has 0 bridgehead atoms. The molecule has 0 aliphatic heterocycles. The average Bonchev–Trinajstić information content (AvgIpc) is 3.76. The first-order valence-corrected chi connectivity index (χ1v) is 20.9. The number of hydrogen-bond donors (Lipinski definition) is 0. The van der Waals surface area contributed by atoms with E-state index < -0.39 is 34.2 Å². The number of nitrogens with zero attached hydrogens (tertiary/aromatic N) is 2. The van der Waals surface area contributed by atoms with Gasteiger partial charge >= 0.3 is 5.91 Å². The minimum atomic E-state index is -3.78. The molecule has 53 heavy (non-hydrogen) atoms. The Hall–Kier alpha value is -5.01. The van der Waals surface area contributed by atoms with Crippen LogP contribution in [0.3, 0.4) is 0 Å².